The van der Waals surface area contributed by atoms with Gasteiger partial charge in [-0.25, -0.2) is 4.79 Å². The Labute approximate surface area is 197 Å². The summed E-state index contributed by atoms with van der Waals surface area (Å²) in [5.74, 6) is -0.232. The van der Waals surface area contributed by atoms with Gasteiger partial charge in [0.15, 0.2) is 0 Å². The largest absolute Gasteiger partial charge is 0.414 e. The number of benzene rings is 1. The van der Waals surface area contributed by atoms with Crippen LogP contribution in [0.2, 0.25) is 10.0 Å². The third-order valence-corrected chi connectivity index (χ3v) is 6.80. The second kappa shape index (κ2) is 10.8. The second-order valence-corrected chi connectivity index (χ2v) is 9.77. The maximum Gasteiger partial charge on any atom is 0.414 e. The number of amides is 1. The van der Waals surface area contributed by atoms with Crippen LogP contribution in [0.15, 0.2) is 18.2 Å². The summed E-state index contributed by atoms with van der Waals surface area (Å²) in [6, 6.07) is 5.27. The zero-order chi connectivity index (χ0) is 21.8. The van der Waals surface area contributed by atoms with Crippen molar-refractivity contribution in [1.82, 2.24) is 9.80 Å². The molecule has 1 saturated carbocycles. The highest BCUT2D eigenvalue weighted by Gasteiger charge is 2.42. The Hall–Kier alpha value is -0.300. The van der Waals surface area contributed by atoms with Crippen molar-refractivity contribution in [2.45, 2.75) is 55.4 Å². The van der Waals surface area contributed by atoms with Gasteiger partial charge in [0.05, 0.1) is 28.1 Å². The summed E-state index contributed by atoms with van der Waals surface area (Å²) in [4.78, 5) is 16.8. The number of nitrogens with one attached hydrogen (secondary N) is 1. The van der Waals surface area contributed by atoms with Gasteiger partial charge in [-0.1, -0.05) is 53.3 Å². The third kappa shape index (κ3) is 6.59. The van der Waals surface area contributed by atoms with Crippen LogP contribution < -0.4 is 5.32 Å². The zero-order valence-corrected chi connectivity index (χ0v) is 20.4. The average Bonchev–Trinajstić information content (AvgIpc) is 3.09. The number of alkyl halides is 3. The number of nitrogens with zero attached hydrogens (tertiary/aromatic N) is 2. The minimum Gasteiger partial charge on any atom is -0.411 e. The number of hydrogen-bond donors (Lipinski definition) is 1. The molecule has 0 aromatic heterocycles. The Kier molecular flexibility index (Phi) is 9.32. The van der Waals surface area contributed by atoms with Crippen molar-refractivity contribution in [2.75, 3.05) is 25.3 Å². The molecule has 1 fully saturated rings. The topological polar surface area (TPSA) is 44.8 Å². The molecule has 2 rings (SSSR count). The summed E-state index contributed by atoms with van der Waals surface area (Å²) in [6.07, 6.45) is 2.58. The summed E-state index contributed by atoms with van der Waals surface area (Å²) >= 11 is 29.9. The molecule has 0 heterocycles. The molecule has 1 aliphatic rings. The van der Waals surface area contributed by atoms with Gasteiger partial charge >= 0.3 is 6.09 Å². The molecule has 1 aromatic carbocycles. The van der Waals surface area contributed by atoms with Crippen LogP contribution in [-0.4, -0.2) is 58.6 Å². The standard InChI is InChI=1S/C19H26Cl5N3O2/c1-4-17(26(2)3)27(18(28)29-19(23,24)11-20)16-7-5-6-15(16)25-12-8-9-13(21)14(22)10-12/h8-10,15-17,25H,4-7,11H2,1-3H3. The van der Waals surface area contributed by atoms with Gasteiger partial charge in [0, 0.05) is 11.7 Å². The molecule has 1 aliphatic carbocycles. The van der Waals surface area contributed by atoms with Crippen LogP contribution in [-0.2, 0) is 4.74 Å². The first kappa shape index (κ1) is 25.0. The summed E-state index contributed by atoms with van der Waals surface area (Å²) in [6.45, 7) is 2.01. The molecule has 164 valence electrons. The maximum absolute atomic E-state index is 13.1. The molecular formula is C19H26Cl5N3O2. The van der Waals surface area contributed by atoms with Crippen molar-refractivity contribution in [3.05, 3.63) is 28.2 Å². The van der Waals surface area contributed by atoms with E-state index in [2.05, 4.69) is 5.32 Å². The van der Waals surface area contributed by atoms with Gasteiger partial charge in [-0.05, 0) is 58.0 Å². The summed E-state index contributed by atoms with van der Waals surface area (Å²) in [7, 11) is 3.84. The molecule has 0 radical (unpaired) electrons. The molecule has 0 bridgehead atoms. The smallest absolute Gasteiger partial charge is 0.411 e. The highest BCUT2D eigenvalue weighted by atomic mass is 35.5. The highest BCUT2D eigenvalue weighted by Crippen LogP contribution is 2.34. The van der Waals surface area contributed by atoms with E-state index in [-0.39, 0.29) is 24.1 Å². The van der Waals surface area contributed by atoms with Crippen LogP contribution in [0.5, 0.6) is 0 Å². The first-order valence-electron chi connectivity index (χ1n) is 9.42. The van der Waals surface area contributed by atoms with E-state index in [1.165, 1.54) is 0 Å². The lowest BCUT2D eigenvalue weighted by atomic mass is 10.1. The number of rotatable bonds is 8. The van der Waals surface area contributed by atoms with Crippen molar-refractivity contribution in [2.24, 2.45) is 0 Å². The summed E-state index contributed by atoms with van der Waals surface area (Å²) in [5, 5.41) is 4.45. The molecule has 3 unspecified atom stereocenters. The van der Waals surface area contributed by atoms with E-state index in [9.17, 15) is 4.79 Å². The first-order valence-corrected chi connectivity index (χ1v) is 11.5. The highest BCUT2D eigenvalue weighted by molar-refractivity contribution is 6.50. The second-order valence-electron chi connectivity index (χ2n) is 7.28. The Morgan fingerprint density at radius 3 is 2.52 bits per heavy atom. The van der Waals surface area contributed by atoms with E-state index in [1.54, 1.807) is 17.0 Å². The van der Waals surface area contributed by atoms with E-state index in [0.717, 1.165) is 24.9 Å². The van der Waals surface area contributed by atoms with E-state index in [0.29, 0.717) is 16.5 Å². The number of carbonyl (C=O) groups is 1. The van der Waals surface area contributed by atoms with E-state index in [1.807, 2.05) is 32.0 Å². The monoisotopic (exact) mass is 503 g/mol. The van der Waals surface area contributed by atoms with Crippen molar-refractivity contribution >= 4 is 69.8 Å². The number of hydrogen-bond acceptors (Lipinski definition) is 4. The van der Waals surface area contributed by atoms with Crippen molar-refractivity contribution in [3.63, 3.8) is 0 Å². The predicted octanol–water partition coefficient (Wildman–Crippen LogP) is 6.43. The van der Waals surface area contributed by atoms with Crippen molar-refractivity contribution in [3.8, 4) is 0 Å². The molecule has 1 aromatic rings. The zero-order valence-electron chi connectivity index (χ0n) is 16.6. The number of anilines is 1. The van der Waals surface area contributed by atoms with Crippen LogP contribution in [0.3, 0.4) is 0 Å². The predicted molar refractivity (Wildman–Crippen MR) is 123 cm³/mol. The van der Waals surface area contributed by atoms with Crippen molar-refractivity contribution < 1.29 is 9.53 Å². The lowest BCUT2D eigenvalue weighted by Crippen LogP contribution is -2.57. The van der Waals surface area contributed by atoms with Gasteiger partial charge in [-0.2, -0.15) is 0 Å². The van der Waals surface area contributed by atoms with Crippen LogP contribution in [0.25, 0.3) is 0 Å². The molecule has 0 spiro atoms. The normalized spacial score (nSPS) is 20.6. The van der Waals surface area contributed by atoms with Crippen LogP contribution in [0.4, 0.5) is 10.5 Å². The number of carbonyl (C=O) groups excluding carboxylic acids is 1. The number of halogens is 5. The minimum absolute atomic E-state index is 0.00449. The first-order chi connectivity index (χ1) is 13.6. The van der Waals surface area contributed by atoms with Crippen LogP contribution in [0.1, 0.15) is 32.6 Å². The molecule has 0 aliphatic heterocycles. The summed E-state index contributed by atoms with van der Waals surface area (Å²) in [5.41, 5.74) is 0.840. The third-order valence-electron chi connectivity index (χ3n) is 4.99. The molecular weight excluding hydrogens is 479 g/mol. The molecule has 1 amide bonds. The maximum atomic E-state index is 13.1. The Balaban J connectivity index is 2.29. The fourth-order valence-electron chi connectivity index (χ4n) is 3.74. The van der Waals surface area contributed by atoms with Gasteiger partial charge in [-0.15, -0.1) is 11.6 Å². The van der Waals surface area contributed by atoms with Gasteiger partial charge in [0.1, 0.15) is 0 Å². The molecule has 1 N–H and O–H groups in total. The Morgan fingerprint density at radius 1 is 1.28 bits per heavy atom. The lowest BCUT2D eigenvalue weighted by molar-refractivity contribution is 0.0116. The molecule has 5 nitrogen and oxygen atoms in total. The Bertz CT molecular complexity index is 704. The van der Waals surface area contributed by atoms with Gasteiger partial charge in [0.2, 0.25) is 0 Å². The number of ether oxygens (including phenoxy) is 1. The van der Waals surface area contributed by atoms with E-state index in [4.69, 9.17) is 62.7 Å². The minimum atomic E-state index is -1.78. The lowest BCUT2D eigenvalue weighted by Gasteiger charge is -2.42. The van der Waals surface area contributed by atoms with Gasteiger partial charge in [-0.3, -0.25) is 9.80 Å². The molecule has 3 atom stereocenters. The van der Waals surface area contributed by atoms with Crippen molar-refractivity contribution in [1.29, 1.82) is 0 Å². The summed E-state index contributed by atoms with van der Waals surface area (Å²) < 4.78 is 3.54. The van der Waals surface area contributed by atoms with Gasteiger partial charge in [0.25, 0.3) is 4.52 Å². The fourth-order valence-corrected chi connectivity index (χ4v) is 4.22. The molecule has 10 heteroatoms. The molecule has 29 heavy (non-hydrogen) atoms. The quantitative estimate of drug-likeness (QED) is 0.327. The van der Waals surface area contributed by atoms with Gasteiger partial charge < -0.3 is 10.1 Å². The average molecular weight is 506 g/mol. The van der Waals surface area contributed by atoms with E-state index < -0.39 is 10.6 Å². The van der Waals surface area contributed by atoms with E-state index >= 15 is 0 Å². The fraction of sp³-hybridized carbons (Fsp3) is 0.632. The molecule has 0 saturated heterocycles. The van der Waals surface area contributed by atoms with Crippen LogP contribution >= 0.6 is 58.0 Å². The van der Waals surface area contributed by atoms with Crippen LogP contribution in [0, 0.1) is 0 Å². The SMILES string of the molecule is CCC(N(C)C)N(C(=O)OC(Cl)(Cl)CCl)C1CCCC1Nc1ccc(Cl)c(Cl)c1. The Morgan fingerprint density at radius 2 is 1.97 bits per heavy atom.